The first-order valence-corrected chi connectivity index (χ1v) is 8.82. The van der Waals surface area contributed by atoms with Crippen LogP contribution in [0.5, 0.6) is 0 Å². The largest absolute Gasteiger partial charge is 0.375 e. The van der Waals surface area contributed by atoms with Gasteiger partial charge in [0, 0.05) is 18.7 Å². The molecular formula is C19H16FN3OS. The lowest BCUT2D eigenvalue weighted by molar-refractivity contribution is 0.0773. The molecular weight excluding hydrogens is 337 g/mol. The van der Waals surface area contributed by atoms with Crippen molar-refractivity contribution in [2.24, 2.45) is 0 Å². The third-order valence-electron chi connectivity index (χ3n) is 4.36. The topological polar surface area (TPSA) is 59.2 Å². The molecule has 0 atom stereocenters. The summed E-state index contributed by atoms with van der Waals surface area (Å²) in [7, 11) is 0. The second kappa shape index (κ2) is 6.29. The maximum absolute atomic E-state index is 13.0. The monoisotopic (exact) mass is 353 g/mol. The summed E-state index contributed by atoms with van der Waals surface area (Å²) in [6.07, 6.45) is 2.79. The number of nitrogens with two attached hydrogens (primary N) is 1. The molecule has 2 N–H and O–H groups in total. The van der Waals surface area contributed by atoms with Gasteiger partial charge in [-0.25, -0.2) is 9.37 Å². The highest BCUT2D eigenvalue weighted by Gasteiger charge is 2.20. The number of amides is 1. The van der Waals surface area contributed by atoms with Gasteiger partial charge in [-0.2, -0.15) is 0 Å². The maximum atomic E-state index is 13.0. The zero-order chi connectivity index (χ0) is 17.4. The number of aromatic nitrogens is 1. The summed E-state index contributed by atoms with van der Waals surface area (Å²) in [6.45, 7) is 1.18. The van der Waals surface area contributed by atoms with E-state index >= 15 is 0 Å². The van der Waals surface area contributed by atoms with Crippen LogP contribution in [0.1, 0.15) is 22.3 Å². The lowest BCUT2D eigenvalue weighted by atomic mass is 9.99. The van der Waals surface area contributed by atoms with E-state index in [1.54, 1.807) is 18.2 Å². The predicted octanol–water partition coefficient (Wildman–Crippen LogP) is 3.95. The molecule has 0 saturated heterocycles. The fourth-order valence-electron chi connectivity index (χ4n) is 3.04. The predicted molar refractivity (Wildman–Crippen MR) is 98.9 cm³/mol. The Balaban J connectivity index is 1.52. The first-order chi connectivity index (χ1) is 12.1. The number of anilines is 1. The van der Waals surface area contributed by atoms with Crippen molar-refractivity contribution in [1.29, 1.82) is 0 Å². The van der Waals surface area contributed by atoms with E-state index in [1.807, 2.05) is 23.1 Å². The Morgan fingerprint density at radius 1 is 1.20 bits per heavy atom. The standard InChI is InChI=1S/C19H16FN3OS/c20-15-4-1-12(2-5-15)13-7-9-23(10-8-13)18(24)14-3-6-17-16(11-14)22-19(21)25-17/h1-7,11H,8-10H2,(H2,21,22). The molecule has 0 spiro atoms. The van der Waals surface area contributed by atoms with Crippen LogP contribution in [0.4, 0.5) is 9.52 Å². The SMILES string of the molecule is Nc1nc2cc(C(=O)N3CC=C(c4ccc(F)cc4)CC3)ccc2s1. The fraction of sp³-hybridized carbons (Fsp3) is 0.158. The summed E-state index contributed by atoms with van der Waals surface area (Å²) in [6, 6.07) is 12.0. The molecule has 1 aromatic heterocycles. The Kier molecular flexibility index (Phi) is 3.97. The second-order valence-electron chi connectivity index (χ2n) is 5.97. The zero-order valence-electron chi connectivity index (χ0n) is 13.4. The first kappa shape index (κ1) is 15.8. The smallest absolute Gasteiger partial charge is 0.254 e. The van der Waals surface area contributed by atoms with Gasteiger partial charge in [-0.1, -0.05) is 29.5 Å². The number of halogens is 1. The van der Waals surface area contributed by atoms with E-state index in [9.17, 15) is 9.18 Å². The molecule has 1 amide bonds. The molecule has 0 unspecified atom stereocenters. The Hall–Kier alpha value is -2.73. The summed E-state index contributed by atoms with van der Waals surface area (Å²) in [5, 5.41) is 0.504. The van der Waals surface area contributed by atoms with Crippen molar-refractivity contribution in [2.45, 2.75) is 6.42 Å². The molecule has 0 radical (unpaired) electrons. The number of nitrogens with zero attached hydrogens (tertiary/aromatic N) is 2. The van der Waals surface area contributed by atoms with Crippen molar-refractivity contribution >= 4 is 38.2 Å². The van der Waals surface area contributed by atoms with Crippen molar-refractivity contribution in [1.82, 2.24) is 9.88 Å². The summed E-state index contributed by atoms with van der Waals surface area (Å²) in [5.74, 6) is -0.252. The van der Waals surface area contributed by atoms with Gasteiger partial charge in [0.15, 0.2) is 5.13 Å². The van der Waals surface area contributed by atoms with E-state index in [1.165, 1.54) is 23.5 Å². The number of rotatable bonds is 2. The summed E-state index contributed by atoms with van der Waals surface area (Å²) >= 11 is 1.41. The maximum Gasteiger partial charge on any atom is 0.254 e. The molecule has 126 valence electrons. The Bertz CT molecular complexity index is 978. The zero-order valence-corrected chi connectivity index (χ0v) is 14.2. The van der Waals surface area contributed by atoms with Crippen LogP contribution in [0.25, 0.3) is 15.8 Å². The highest BCUT2D eigenvalue weighted by molar-refractivity contribution is 7.22. The second-order valence-corrected chi connectivity index (χ2v) is 7.03. The van der Waals surface area contributed by atoms with Crippen molar-refractivity contribution in [3.8, 4) is 0 Å². The number of hydrogen-bond donors (Lipinski definition) is 1. The van der Waals surface area contributed by atoms with Gasteiger partial charge in [-0.3, -0.25) is 4.79 Å². The summed E-state index contributed by atoms with van der Waals surface area (Å²) in [4.78, 5) is 18.8. The van der Waals surface area contributed by atoms with Crippen LogP contribution in [0.15, 0.2) is 48.5 Å². The van der Waals surface area contributed by atoms with Gasteiger partial charge < -0.3 is 10.6 Å². The minimum Gasteiger partial charge on any atom is -0.375 e. The lowest BCUT2D eigenvalue weighted by Crippen LogP contribution is -2.34. The lowest BCUT2D eigenvalue weighted by Gasteiger charge is -2.26. The van der Waals surface area contributed by atoms with E-state index in [2.05, 4.69) is 4.98 Å². The molecule has 25 heavy (non-hydrogen) atoms. The number of carbonyl (C=O) groups excluding carboxylic acids is 1. The first-order valence-electron chi connectivity index (χ1n) is 8.00. The van der Waals surface area contributed by atoms with Crippen LogP contribution in [0.2, 0.25) is 0 Å². The van der Waals surface area contributed by atoms with E-state index in [4.69, 9.17) is 5.73 Å². The molecule has 2 heterocycles. The Morgan fingerprint density at radius 3 is 2.72 bits per heavy atom. The van der Waals surface area contributed by atoms with Crippen LogP contribution in [-0.2, 0) is 0 Å². The average Bonchev–Trinajstić information content (AvgIpc) is 3.01. The molecule has 4 rings (SSSR count). The van der Waals surface area contributed by atoms with Crippen LogP contribution in [-0.4, -0.2) is 28.9 Å². The highest BCUT2D eigenvalue weighted by atomic mass is 32.1. The van der Waals surface area contributed by atoms with Crippen molar-refractivity contribution < 1.29 is 9.18 Å². The van der Waals surface area contributed by atoms with Crippen molar-refractivity contribution in [2.75, 3.05) is 18.8 Å². The normalized spacial score (nSPS) is 14.6. The summed E-state index contributed by atoms with van der Waals surface area (Å²) in [5.41, 5.74) is 9.25. The van der Waals surface area contributed by atoms with Gasteiger partial charge in [0.05, 0.1) is 10.2 Å². The average molecular weight is 353 g/mol. The number of hydrogen-bond acceptors (Lipinski definition) is 4. The third-order valence-corrected chi connectivity index (χ3v) is 5.23. The van der Waals surface area contributed by atoms with Crippen LogP contribution >= 0.6 is 11.3 Å². The van der Waals surface area contributed by atoms with Gasteiger partial charge >= 0.3 is 0 Å². The number of thiazole rings is 1. The minimum atomic E-state index is -0.241. The fourth-order valence-corrected chi connectivity index (χ4v) is 3.76. The summed E-state index contributed by atoms with van der Waals surface area (Å²) < 4.78 is 14.0. The molecule has 0 aliphatic carbocycles. The van der Waals surface area contributed by atoms with Crippen molar-refractivity contribution in [3.05, 3.63) is 65.5 Å². The van der Waals surface area contributed by atoms with Crippen LogP contribution < -0.4 is 5.73 Å². The molecule has 3 aromatic rings. The molecule has 2 aromatic carbocycles. The van der Waals surface area contributed by atoms with Crippen LogP contribution in [0, 0.1) is 5.82 Å². The number of nitrogen functional groups attached to an aromatic ring is 1. The Morgan fingerprint density at radius 2 is 2.00 bits per heavy atom. The number of benzene rings is 2. The highest BCUT2D eigenvalue weighted by Crippen LogP contribution is 2.26. The van der Waals surface area contributed by atoms with E-state index in [0.29, 0.717) is 23.8 Å². The van der Waals surface area contributed by atoms with Gasteiger partial charge in [0.25, 0.3) is 5.91 Å². The molecule has 6 heteroatoms. The Labute approximate surface area is 148 Å². The van der Waals surface area contributed by atoms with Crippen molar-refractivity contribution in [3.63, 3.8) is 0 Å². The number of carbonyl (C=O) groups is 1. The van der Waals surface area contributed by atoms with E-state index in [0.717, 1.165) is 27.8 Å². The van der Waals surface area contributed by atoms with E-state index < -0.39 is 0 Å². The van der Waals surface area contributed by atoms with Gasteiger partial charge in [0.2, 0.25) is 0 Å². The minimum absolute atomic E-state index is 0.0112. The quantitative estimate of drug-likeness (QED) is 0.759. The van der Waals surface area contributed by atoms with Gasteiger partial charge in [-0.15, -0.1) is 0 Å². The third kappa shape index (κ3) is 3.13. The van der Waals surface area contributed by atoms with Crippen LogP contribution in [0.3, 0.4) is 0 Å². The molecule has 0 bridgehead atoms. The van der Waals surface area contributed by atoms with Gasteiger partial charge in [0.1, 0.15) is 5.82 Å². The molecule has 1 aliphatic heterocycles. The molecule has 1 aliphatic rings. The van der Waals surface area contributed by atoms with E-state index in [-0.39, 0.29) is 11.7 Å². The molecule has 4 nitrogen and oxygen atoms in total. The molecule has 0 fully saturated rings. The number of fused-ring (bicyclic) bond motifs is 1. The molecule has 0 saturated carbocycles. The van der Waals surface area contributed by atoms with Gasteiger partial charge in [-0.05, 0) is 47.9 Å².